The molecule has 5 nitrogen and oxygen atoms in total. The van der Waals surface area contributed by atoms with Crippen molar-refractivity contribution < 1.29 is 4.79 Å². The molecule has 0 aliphatic carbocycles. The van der Waals surface area contributed by atoms with Crippen LogP contribution in [0.25, 0.3) is 10.9 Å². The number of hydrogen-bond donors (Lipinski definition) is 2. The Bertz CT molecular complexity index is 807. The van der Waals surface area contributed by atoms with Gasteiger partial charge in [-0.2, -0.15) is 5.10 Å². The van der Waals surface area contributed by atoms with E-state index in [-0.39, 0.29) is 5.91 Å². The lowest BCUT2D eigenvalue weighted by Crippen LogP contribution is -2.23. The van der Waals surface area contributed by atoms with Crippen molar-refractivity contribution >= 4 is 22.5 Å². The highest BCUT2D eigenvalue weighted by molar-refractivity contribution is 6.04. The summed E-state index contributed by atoms with van der Waals surface area (Å²) in [5.41, 5.74) is 8.75. The number of amides is 1. The average Bonchev–Trinajstić information content (AvgIpc) is 2.83. The molecule has 0 spiro atoms. The molecule has 106 valence electrons. The lowest BCUT2D eigenvalue weighted by Gasteiger charge is -2.04. The first-order chi connectivity index (χ1) is 10.1. The van der Waals surface area contributed by atoms with Gasteiger partial charge in [0, 0.05) is 24.7 Å². The van der Waals surface area contributed by atoms with Crippen LogP contribution in [0.5, 0.6) is 0 Å². The molecule has 0 fully saturated rings. The molecule has 3 aromatic rings. The number of aromatic nitrogens is 2. The number of anilines is 1. The number of benzene rings is 2. The second-order valence-corrected chi connectivity index (χ2v) is 4.92. The zero-order valence-electron chi connectivity index (χ0n) is 11.7. The first-order valence-corrected chi connectivity index (χ1v) is 6.69. The number of hydrogen-bond acceptors (Lipinski definition) is 3. The van der Waals surface area contributed by atoms with Crippen LogP contribution in [0.4, 0.5) is 5.69 Å². The minimum Gasteiger partial charge on any atom is -0.399 e. The molecule has 0 radical (unpaired) electrons. The van der Waals surface area contributed by atoms with Crippen LogP contribution >= 0.6 is 0 Å². The molecule has 1 aromatic heterocycles. The van der Waals surface area contributed by atoms with Crippen LogP contribution in [0.3, 0.4) is 0 Å². The standard InChI is InChI=1S/C16H16N4O/c1-20-14-8-3-2-7-13(14)15(19-20)16(21)18-10-11-5-4-6-12(17)9-11/h2-9H,10,17H2,1H3,(H,18,21). The fourth-order valence-corrected chi connectivity index (χ4v) is 2.35. The molecular formula is C16H16N4O. The van der Waals surface area contributed by atoms with E-state index in [2.05, 4.69) is 10.4 Å². The van der Waals surface area contributed by atoms with Gasteiger partial charge >= 0.3 is 0 Å². The number of nitrogen functional groups attached to an aromatic ring is 1. The summed E-state index contributed by atoms with van der Waals surface area (Å²) in [5, 5.41) is 8.03. The van der Waals surface area contributed by atoms with E-state index in [0.717, 1.165) is 16.5 Å². The zero-order chi connectivity index (χ0) is 14.8. The van der Waals surface area contributed by atoms with Crippen molar-refractivity contribution in [3.8, 4) is 0 Å². The molecule has 0 saturated carbocycles. The van der Waals surface area contributed by atoms with E-state index in [1.807, 2.05) is 55.6 Å². The number of rotatable bonds is 3. The maximum Gasteiger partial charge on any atom is 0.272 e. The van der Waals surface area contributed by atoms with Crippen molar-refractivity contribution in [2.45, 2.75) is 6.54 Å². The van der Waals surface area contributed by atoms with Crippen molar-refractivity contribution in [2.24, 2.45) is 7.05 Å². The van der Waals surface area contributed by atoms with Crippen LogP contribution < -0.4 is 11.1 Å². The third kappa shape index (κ3) is 2.58. The van der Waals surface area contributed by atoms with E-state index in [1.54, 1.807) is 4.68 Å². The molecular weight excluding hydrogens is 264 g/mol. The van der Waals surface area contributed by atoms with Crippen molar-refractivity contribution in [2.75, 3.05) is 5.73 Å². The molecule has 5 heteroatoms. The minimum atomic E-state index is -0.186. The number of carbonyl (C=O) groups excluding carboxylic acids is 1. The van der Waals surface area contributed by atoms with Gasteiger partial charge in [-0.3, -0.25) is 9.48 Å². The summed E-state index contributed by atoms with van der Waals surface area (Å²) in [6, 6.07) is 15.1. The normalized spacial score (nSPS) is 10.7. The first kappa shape index (κ1) is 13.2. The fraction of sp³-hybridized carbons (Fsp3) is 0.125. The second-order valence-electron chi connectivity index (χ2n) is 4.92. The van der Waals surface area contributed by atoms with Crippen LogP contribution in [-0.2, 0) is 13.6 Å². The zero-order valence-corrected chi connectivity index (χ0v) is 11.7. The van der Waals surface area contributed by atoms with Gasteiger partial charge in [-0.25, -0.2) is 0 Å². The van der Waals surface area contributed by atoms with Gasteiger partial charge in [0.2, 0.25) is 0 Å². The molecule has 0 unspecified atom stereocenters. The summed E-state index contributed by atoms with van der Waals surface area (Å²) in [6.07, 6.45) is 0. The van der Waals surface area contributed by atoms with E-state index < -0.39 is 0 Å². The lowest BCUT2D eigenvalue weighted by atomic mass is 10.2. The smallest absolute Gasteiger partial charge is 0.272 e. The van der Waals surface area contributed by atoms with Gasteiger partial charge in [-0.05, 0) is 23.8 Å². The Labute approximate surface area is 122 Å². The van der Waals surface area contributed by atoms with Crippen LogP contribution in [0.1, 0.15) is 16.1 Å². The number of para-hydroxylation sites is 1. The Morgan fingerprint density at radius 3 is 2.86 bits per heavy atom. The van der Waals surface area contributed by atoms with Gasteiger partial charge in [0.1, 0.15) is 0 Å². The lowest BCUT2D eigenvalue weighted by molar-refractivity contribution is 0.0947. The second kappa shape index (κ2) is 5.28. The van der Waals surface area contributed by atoms with Gasteiger partial charge in [0.05, 0.1) is 5.52 Å². The van der Waals surface area contributed by atoms with Crippen molar-refractivity contribution in [1.82, 2.24) is 15.1 Å². The Morgan fingerprint density at radius 1 is 1.24 bits per heavy atom. The molecule has 0 saturated heterocycles. The van der Waals surface area contributed by atoms with Crippen LogP contribution in [0, 0.1) is 0 Å². The predicted octanol–water partition coefficient (Wildman–Crippen LogP) is 2.09. The Hall–Kier alpha value is -2.82. The van der Waals surface area contributed by atoms with Gasteiger partial charge < -0.3 is 11.1 Å². The van der Waals surface area contributed by atoms with Crippen LogP contribution in [0.15, 0.2) is 48.5 Å². The number of carbonyl (C=O) groups is 1. The maximum atomic E-state index is 12.3. The van der Waals surface area contributed by atoms with Gasteiger partial charge in [-0.15, -0.1) is 0 Å². The Morgan fingerprint density at radius 2 is 2.05 bits per heavy atom. The third-order valence-corrected chi connectivity index (χ3v) is 3.38. The molecule has 0 atom stereocenters. The summed E-state index contributed by atoms with van der Waals surface area (Å²) in [5.74, 6) is -0.186. The first-order valence-electron chi connectivity index (χ1n) is 6.69. The third-order valence-electron chi connectivity index (χ3n) is 3.38. The number of aryl methyl sites for hydroxylation is 1. The molecule has 2 aromatic carbocycles. The monoisotopic (exact) mass is 280 g/mol. The van der Waals surface area contributed by atoms with Gasteiger partial charge in [0.25, 0.3) is 5.91 Å². The summed E-state index contributed by atoms with van der Waals surface area (Å²) in [7, 11) is 1.83. The number of fused-ring (bicyclic) bond motifs is 1. The predicted molar refractivity (Wildman–Crippen MR) is 82.7 cm³/mol. The SMILES string of the molecule is Cn1nc(C(=O)NCc2cccc(N)c2)c2ccccc21. The largest absolute Gasteiger partial charge is 0.399 e. The number of nitrogens with zero attached hydrogens (tertiary/aromatic N) is 2. The number of nitrogens with one attached hydrogen (secondary N) is 1. The molecule has 0 aliphatic rings. The van der Waals surface area contributed by atoms with Crippen LogP contribution in [0.2, 0.25) is 0 Å². The van der Waals surface area contributed by atoms with Crippen molar-refractivity contribution in [3.63, 3.8) is 0 Å². The van der Waals surface area contributed by atoms with E-state index in [4.69, 9.17) is 5.73 Å². The number of nitrogens with two attached hydrogens (primary N) is 1. The minimum absolute atomic E-state index is 0.186. The fourth-order valence-electron chi connectivity index (χ4n) is 2.35. The quantitative estimate of drug-likeness (QED) is 0.721. The van der Waals surface area contributed by atoms with Crippen molar-refractivity contribution in [3.05, 3.63) is 59.8 Å². The Balaban J connectivity index is 1.81. The van der Waals surface area contributed by atoms with Gasteiger partial charge in [-0.1, -0.05) is 30.3 Å². The van der Waals surface area contributed by atoms with E-state index in [0.29, 0.717) is 17.9 Å². The topological polar surface area (TPSA) is 72.9 Å². The molecule has 3 N–H and O–H groups in total. The van der Waals surface area contributed by atoms with E-state index in [1.165, 1.54) is 0 Å². The van der Waals surface area contributed by atoms with E-state index >= 15 is 0 Å². The molecule has 0 aliphatic heterocycles. The Kier molecular flexibility index (Phi) is 3.31. The van der Waals surface area contributed by atoms with E-state index in [9.17, 15) is 4.79 Å². The molecule has 1 heterocycles. The summed E-state index contributed by atoms with van der Waals surface area (Å²) < 4.78 is 1.71. The molecule has 21 heavy (non-hydrogen) atoms. The summed E-state index contributed by atoms with van der Waals surface area (Å²) >= 11 is 0. The molecule has 3 rings (SSSR count). The average molecular weight is 280 g/mol. The molecule has 0 bridgehead atoms. The summed E-state index contributed by atoms with van der Waals surface area (Å²) in [6.45, 7) is 0.425. The summed E-state index contributed by atoms with van der Waals surface area (Å²) in [4.78, 5) is 12.3. The van der Waals surface area contributed by atoms with Crippen LogP contribution in [-0.4, -0.2) is 15.7 Å². The highest BCUT2D eigenvalue weighted by atomic mass is 16.1. The van der Waals surface area contributed by atoms with Crippen molar-refractivity contribution in [1.29, 1.82) is 0 Å². The highest BCUT2D eigenvalue weighted by Gasteiger charge is 2.15. The van der Waals surface area contributed by atoms with Gasteiger partial charge in [0.15, 0.2) is 5.69 Å². The highest BCUT2D eigenvalue weighted by Crippen LogP contribution is 2.17. The molecule has 1 amide bonds. The maximum absolute atomic E-state index is 12.3.